The Morgan fingerprint density at radius 3 is 2.82 bits per heavy atom. The first-order valence-corrected chi connectivity index (χ1v) is 13.2. The van der Waals surface area contributed by atoms with E-state index in [-0.39, 0.29) is 35.2 Å². The van der Waals surface area contributed by atoms with Crippen molar-refractivity contribution in [1.29, 1.82) is 0 Å². The van der Waals surface area contributed by atoms with Gasteiger partial charge in [-0.1, -0.05) is 19.4 Å². The monoisotopic (exact) mass is 477 g/mol. The summed E-state index contributed by atoms with van der Waals surface area (Å²) in [5.74, 6) is 0.164. The summed E-state index contributed by atoms with van der Waals surface area (Å²) in [5, 5.41) is 5.86. The van der Waals surface area contributed by atoms with E-state index in [2.05, 4.69) is 27.3 Å². The molecular weight excluding hydrogens is 442 g/mol. The zero-order valence-electron chi connectivity index (χ0n) is 19.5. The van der Waals surface area contributed by atoms with Crippen LogP contribution in [0.1, 0.15) is 52.4 Å². The van der Waals surface area contributed by atoms with E-state index < -0.39 is 10.0 Å². The number of nitrogens with zero attached hydrogens (tertiary/aromatic N) is 2. The smallest absolute Gasteiger partial charge is 0.262 e. The quantitative estimate of drug-likeness (QED) is 0.503. The predicted molar refractivity (Wildman–Crippen MR) is 129 cm³/mol. The highest BCUT2D eigenvalue weighted by Gasteiger charge is 2.27. The van der Waals surface area contributed by atoms with E-state index in [1.54, 1.807) is 12.1 Å². The lowest BCUT2D eigenvalue weighted by Gasteiger charge is -2.32. The van der Waals surface area contributed by atoms with Gasteiger partial charge in [0.2, 0.25) is 11.8 Å². The van der Waals surface area contributed by atoms with Crippen LogP contribution >= 0.6 is 0 Å². The zero-order chi connectivity index (χ0) is 23.8. The number of amidine groups is 1. The van der Waals surface area contributed by atoms with Crippen LogP contribution < -0.4 is 15.4 Å². The van der Waals surface area contributed by atoms with Gasteiger partial charge in [-0.3, -0.25) is 24.2 Å². The molecule has 9 nitrogen and oxygen atoms in total. The molecule has 1 fully saturated rings. The minimum Gasteiger partial charge on any atom is -0.353 e. The predicted octanol–water partition coefficient (Wildman–Crippen LogP) is 2.11. The minimum atomic E-state index is -3.75. The first-order chi connectivity index (χ1) is 15.8. The molecule has 0 radical (unpaired) electrons. The Labute approximate surface area is 196 Å². The van der Waals surface area contributed by atoms with E-state index in [0.717, 1.165) is 38.6 Å². The second-order valence-electron chi connectivity index (χ2n) is 8.89. The summed E-state index contributed by atoms with van der Waals surface area (Å²) in [6, 6.07) is 6.34. The number of amides is 2. The van der Waals surface area contributed by atoms with E-state index in [1.165, 1.54) is 12.1 Å². The fraction of sp³-hybridized carbons (Fsp3) is 0.609. The standard InChI is InChI=1S/C23H35N5O4S/c1-3-7-17(2)25-23(30)18-8-6-13-28(15-18)16-22(29)26-19-9-4-10-20(14-19)33(31,32)27-21-11-5-12-24-21/h4,9-10,14,17-18H,3,5-8,11-13,15-16H2,1-2H3,(H,24,27)(H,25,30)(H,26,29). The molecule has 10 heteroatoms. The van der Waals surface area contributed by atoms with Gasteiger partial charge in [-0.25, -0.2) is 8.42 Å². The fourth-order valence-corrected chi connectivity index (χ4v) is 5.40. The number of nitrogens with one attached hydrogen (secondary N) is 3. The van der Waals surface area contributed by atoms with Gasteiger partial charge in [0.25, 0.3) is 10.0 Å². The average molecular weight is 478 g/mol. The van der Waals surface area contributed by atoms with E-state index in [9.17, 15) is 18.0 Å². The molecule has 2 unspecified atom stereocenters. The van der Waals surface area contributed by atoms with Crippen LogP contribution in [0.5, 0.6) is 0 Å². The van der Waals surface area contributed by atoms with Crippen LogP contribution in [0.25, 0.3) is 0 Å². The lowest BCUT2D eigenvalue weighted by molar-refractivity contribution is -0.128. The van der Waals surface area contributed by atoms with Crippen LogP contribution in [-0.2, 0) is 19.6 Å². The number of rotatable bonds is 9. The molecule has 1 saturated heterocycles. The second-order valence-corrected chi connectivity index (χ2v) is 10.6. The third-order valence-corrected chi connectivity index (χ3v) is 7.29. The molecule has 3 rings (SSSR count). The number of likely N-dealkylation sites (tertiary alicyclic amines) is 1. The Balaban J connectivity index is 1.54. The number of piperidine rings is 1. The molecule has 2 aliphatic heterocycles. The van der Waals surface area contributed by atoms with Crippen molar-refractivity contribution in [2.45, 2.75) is 63.3 Å². The van der Waals surface area contributed by atoms with Gasteiger partial charge < -0.3 is 10.6 Å². The van der Waals surface area contributed by atoms with Crippen LogP contribution in [0.15, 0.2) is 34.2 Å². The van der Waals surface area contributed by atoms with Crippen LogP contribution in [0.3, 0.4) is 0 Å². The molecule has 0 aromatic heterocycles. The third-order valence-electron chi connectivity index (χ3n) is 5.91. The molecular formula is C23H35N5O4S. The highest BCUT2D eigenvalue weighted by Crippen LogP contribution is 2.19. The summed E-state index contributed by atoms with van der Waals surface area (Å²) in [6.45, 7) is 6.18. The van der Waals surface area contributed by atoms with Gasteiger partial charge >= 0.3 is 0 Å². The van der Waals surface area contributed by atoms with Gasteiger partial charge in [0.15, 0.2) is 0 Å². The summed E-state index contributed by atoms with van der Waals surface area (Å²) in [6.07, 6.45) is 5.10. The van der Waals surface area contributed by atoms with E-state index in [4.69, 9.17) is 0 Å². The summed E-state index contributed by atoms with van der Waals surface area (Å²) in [7, 11) is -3.75. The molecule has 2 aliphatic rings. The Morgan fingerprint density at radius 2 is 2.09 bits per heavy atom. The van der Waals surface area contributed by atoms with Crippen LogP contribution in [0, 0.1) is 5.92 Å². The van der Waals surface area contributed by atoms with Gasteiger partial charge in [-0.05, 0) is 57.4 Å². The van der Waals surface area contributed by atoms with Crippen molar-refractivity contribution >= 4 is 33.4 Å². The average Bonchev–Trinajstić information content (AvgIpc) is 3.26. The van der Waals surface area contributed by atoms with Crippen molar-refractivity contribution in [2.75, 3.05) is 31.5 Å². The zero-order valence-corrected chi connectivity index (χ0v) is 20.3. The van der Waals surface area contributed by atoms with E-state index in [1.807, 2.05) is 11.8 Å². The minimum absolute atomic E-state index is 0.0540. The van der Waals surface area contributed by atoms with Crippen LogP contribution in [-0.4, -0.2) is 63.2 Å². The van der Waals surface area contributed by atoms with Crippen molar-refractivity contribution < 1.29 is 18.0 Å². The molecule has 2 atom stereocenters. The molecule has 2 amide bonds. The molecule has 3 N–H and O–H groups in total. The SMILES string of the molecule is CCCC(C)NC(=O)C1CCCN(CC(=O)Nc2cccc(S(=O)(=O)NC3=NCCC3)c2)C1. The van der Waals surface area contributed by atoms with E-state index in [0.29, 0.717) is 31.0 Å². The Bertz CT molecular complexity index is 979. The largest absolute Gasteiger partial charge is 0.353 e. The lowest BCUT2D eigenvalue weighted by Crippen LogP contribution is -2.47. The van der Waals surface area contributed by atoms with Gasteiger partial charge in [-0.2, -0.15) is 0 Å². The third kappa shape index (κ3) is 7.53. The van der Waals surface area contributed by atoms with Gasteiger partial charge in [0.1, 0.15) is 5.84 Å². The number of carbonyl (C=O) groups excluding carboxylic acids is 2. The maximum absolute atomic E-state index is 12.6. The summed E-state index contributed by atoms with van der Waals surface area (Å²) >= 11 is 0. The van der Waals surface area contributed by atoms with Crippen molar-refractivity contribution in [3.8, 4) is 0 Å². The number of hydrogen-bond donors (Lipinski definition) is 3. The molecule has 0 spiro atoms. The molecule has 2 heterocycles. The fourth-order valence-electron chi connectivity index (χ4n) is 4.26. The van der Waals surface area contributed by atoms with Crippen molar-refractivity contribution in [1.82, 2.24) is 14.9 Å². The molecule has 0 aliphatic carbocycles. The molecule has 1 aromatic carbocycles. The topological polar surface area (TPSA) is 120 Å². The summed E-state index contributed by atoms with van der Waals surface area (Å²) in [4.78, 5) is 31.4. The first-order valence-electron chi connectivity index (χ1n) is 11.8. The van der Waals surface area contributed by atoms with Gasteiger partial charge in [-0.15, -0.1) is 0 Å². The Hall–Kier alpha value is -2.46. The Kier molecular flexibility index (Phi) is 8.85. The first kappa shape index (κ1) is 25.2. The highest BCUT2D eigenvalue weighted by atomic mass is 32.2. The molecule has 0 bridgehead atoms. The van der Waals surface area contributed by atoms with Gasteiger partial charge in [0.05, 0.1) is 17.4 Å². The summed E-state index contributed by atoms with van der Waals surface area (Å²) in [5.41, 5.74) is 0.413. The number of benzene rings is 1. The number of aliphatic imine (C=N–C) groups is 1. The lowest BCUT2D eigenvalue weighted by atomic mass is 9.96. The maximum Gasteiger partial charge on any atom is 0.262 e. The van der Waals surface area contributed by atoms with Crippen LogP contribution in [0.2, 0.25) is 0 Å². The number of sulfonamides is 1. The number of hydrogen-bond acceptors (Lipinski definition) is 6. The number of carbonyl (C=O) groups is 2. The van der Waals surface area contributed by atoms with Crippen molar-refractivity contribution in [3.63, 3.8) is 0 Å². The van der Waals surface area contributed by atoms with Gasteiger partial charge in [0, 0.05) is 31.2 Å². The van der Waals surface area contributed by atoms with Crippen LogP contribution in [0.4, 0.5) is 5.69 Å². The summed E-state index contributed by atoms with van der Waals surface area (Å²) < 4.78 is 27.7. The molecule has 0 saturated carbocycles. The van der Waals surface area contributed by atoms with Crippen molar-refractivity contribution in [2.24, 2.45) is 10.9 Å². The molecule has 1 aromatic rings. The molecule has 182 valence electrons. The van der Waals surface area contributed by atoms with E-state index >= 15 is 0 Å². The highest BCUT2D eigenvalue weighted by molar-refractivity contribution is 7.90. The number of anilines is 1. The normalized spacial score (nSPS) is 20.1. The maximum atomic E-state index is 12.6. The second kappa shape index (κ2) is 11.6. The Morgan fingerprint density at radius 1 is 1.27 bits per heavy atom. The molecule has 33 heavy (non-hydrogen) atoms. The van der Waals surface area contributed by atoms with Crippen molar-refractivity contribution in [3.05, 3.63) is 24.3 Å².